The molecule has 18 heavy (non-hydrogen) atoms. The first-order valence-corrected chi connectivity index (χ1v) is 6.83. The van der Waals surface area contributed by atoms with E-state index in [9.17, 15) is 0 Å². The summed E-state index contributed by atoms with van der Waals surface area (Å²) in [6.07, 6.45) is 7.43. The lowest BCUT2D eigenvalue weighted by atomic mass is 10.2. The van der Waals surface area contributed by atoms with E-state index in [0.717, 1.165) is 24.3 Å². The summed E-state index contributed by atoms with van der Waals surface area (Å²) < 4.78 is 2.40. The Balaban J connectivity index is 1.92. The van der Waals surface area contributed by atoms with Crippen molar-refractivity contribution in [1.29, 1.82) is 0 Å². The minimum atomic E-state index is 0.538. The Kier molecular flexibility index (Phi) is 3.04. The first-order chi connectivity index (χ1) is 8.79. The highest BCUT2D eigenvalue weighted by Crippen LogP contribution is 2.38. The number of imidazole rings is 1. The normalized spacial score (nSPS) is 17.2. The van der Waals surface area contributed by atoms with Crippen molar-refractivity contribution in [1.82, 2.24) is 19.9 Å². The van der Waals surface area contributed by atoms with Gasteiger partial charge in [-0.2, -0.15) is 0 Å². The van der Waals surface area contributed by atoms with Gasteiger partial charge in [0.05, 0.1) is 18.3 Å². The van der Waals surface area contributed by atoms with E-state index in [1.54, 1.807) is 0 Å². The van der Waals surface area contributed by atoms with Crippen LogP contribution in [0.4, 0.5) is 0 Å². The predicted molar refractivity (Wildman–Crippen MR) is 72.4 cm³/mol. The molecule has 0 aliphatic heterocycles. The van der Waals surface area contributed by atoms with Gasteiger partial charge in [0.2, 0.25) is 0 Å². The van der Waals surface area contributed by atoms with E-state index in [4.69, 9.17) is 4.98 Å². The van der Waals surface area contributed by atoms with Crippen molar-refractivity contribution in [3.8, 4) is 0 Å². The number of nitrogens with zero attached hydrogens (tertiary/aromatic N) is 3. The summed E-state index contributed by atoms with van der Waals surface area (Å²) in [7, 11) is 0. The van der Waals surface area contributed by atoms with Crippen molar-refractivity contribution in [3.05, 3.63) is 24.3 Å². The molecule has 0 saturated heterocycles. The first kappa shape index (κ1) is 11.7. The summed E-state index contributed by atoms with van der Waals surface area (Å²) in [4.78, 5) is 8.88. The molecule has 2 heterocycles. The van der Waals surface area contributed by atoms with Crippen molar-refractivity contribution in [3.63, 3.8) is 0 Å². The Bertz CT molecular complexity index is 542. The molecule has 1 aliphatic rings. The van der Waals surface area contributed by atoms with E-state index in [-0.39, 0.29) is 0 Å². The van der Waals surface area contributed by atoms with E-state index >= 15 is 0 Å². The van der Waals surface area contributed by atoms with E-state index in [2.05, 4.69) is 34.8 Å². The zero-order chi connectivity index (χ0) is 12.5. The maximum atomic E-state index is 4.72. The number of rotatable bonds is 5. The van der Waals surface area contributed by atoms with Crippen LogP contribution in [0, 0.1) is 0 Å². The lowest BCUT2D eigenvalue weighted by Gasteiger charge is -2.12. The fourth-order valence-corrected chi connectivity index (χ4v) is 2.28. The van der Waals surface area contributed by atoms with Crippen LogP contribution in [0.15, 0.2) is 18.5 Å². The standard InChI is InChI=1S/C14H20N4/c1-3-10(2)16-9-14-17-12-8-15-7-6-13(12)18(14)11-4-5-11/h6-8,10-11,16H,3-5,9H2,1-2H3. The molecule has 0 radical (unpaired) electrons. The van der Waals surface area contributed by atoms with Crippen molar-refractivity contribution < 1.29 is 0 Å². The minimum absolute atomic E-state index is 0.538. The molecule has 1 saturated carbocycles. The highest BCUT2D eigenvalue weighted by molar-refractivity contribution is 5.75. The third-order valence-corrected chi connectivity index (χ3v) is 3.70. The SMILES string of the molecule is CCC(C)NCc1nc2cnccc2n1C1CC1. The molecule has 1 atom stereocenters. The van der Waals surface area contributed by atoms with Gasteiger partial charge in [-0.1, -0.05) is 6.92 Å². The molecule has 4 nitrogen and oxygen atoms in total. The highest BCUT2D eigenvalue weighted by atomic mass is 15.2. The van der Waals surface area contributed by atoms with E-state index in [1.165, 1.54) is 18.4 Å². The summed E-state index contributed by atoms with van der Waals surface area (Å²) in [6.45, 7) is 5.26. The van der Waals surface area contributed by atoms with Crippen LogP contribution in [0.5, 0.6) is 0 Å². The molecule has 2 aromatic heterocycles. The second-order valence-corrected chi connectivity index (χ2v) is 5.18. The number of nitrogens with one attached hydrogen (secondary N) is 1. The van der Waals surface area contributed by atoms with Crippen molar-refractivity contribution >= 4 is 11.0 Å². The monoisotopic (exact) mass is 244 g/mol. The van der Waals surface area contributed by atoms with E-state index in [1.807, 2.05) is 12.4 Å². The number of fused-ring (bicyclic) bond motifs is 1. The third-order valence-electron chi connectivity index (χ3n) is 3.70. The quantitative estimate of drug-likeness (QED) is 0.879. The molecule has 1 N–H and O–H groups in total. The van der Waals surface area contributed by atoms with Gasteiger partial charge < -0.3 is 9.88 Å². The summed E-state index contributed by atoms with van der Waals surface area (Å²) in [5, 5.41) is 3.53. The maximum Gasteiger partial charge on any atom is 0.124 e. The molecular weight excluding hydrogens is 224 g/mol. The molecule has 1 unspecified atom stereocenters. The Morgan fingerprint density at radius 3 is 3.06 bits per heavy atom. The summed E-state index contributed by atoms with van der Waals surface area (Å²) in [6, 6.07) is 3.27. The number of pyridine rings is 1. The van der Waals surface area contributed by atoms with Crippen LogP contribution in [0.2, 0.25) is 0 Å². The van der Waals surface area contributed by atoms with Crippen LogP contribution in [0.3, 0.4) is 0 Å². The lowest BCUT2D eigenvalue weighted by Crippen LogP contribution is -2.26. The van der Waals surface area contributed by atoms with Gasteiger partial charge >= 0.3 is 0 Å². The van der Waals surface area contributed by atoms with Gasteiger partial charge in [-0.15, -0.1) is 0 Å². The molecule has 3 rings (SSSR count). The Morgan fingerprint density at radius 1 is 1.50 bits per heavy atom. The van der Waals surface area contributed by atoms with Crippen LogP contribution < -0.4 is 5.32 Å². The maximum absolute atomic E-state index is 4.72. The molecule has 0 amide bonds. The highest BCUT2D eigenvalue weighted by Gasteiger charge is 2.28. The first-order valence-electron chi connectivity index (χ1n) is 6.83. The summed E-state index contributed by atoms with van der Waals surface area (Å²) in [5.41, 5.74) is 2.25. The average Bonchev–Trinajstić information content (AvgIpc) is 3.16. The minimum Gasteiger partial charge on any atom is -0.324 e. The number of hydrogen-bond acceptors (Lipinski definition) is 3. The third kappa shape index (κ3) is 2.12. The molecule has 0 bridgehead atoms. The smallest absolute Gasteiger partial charge is 0.124 e. The van der Waals surface area contributed by atoms with Crippen LogP contribution in [-0.2, 0) is 6.54 Å². The van der Waals surface area contributed by atoms with Crippen LogP contribution in [0.1, 0.15) is 45.0 Å². The lowest BCUT2D eigenvalue weighted by molar-refractivity contribution is 0.511. The average molecular weight is 244 g/mol. The summed E-state index contributed by atoms with van der Waals surface area (Å²) in [5.74, 6) is 1.15. The summed E-state index contributed by atoms with van der Waals surface area (Å²) >= 11 is 0. The van der Waals surface area contributed by atoms with E-state index in [0.29, 0.717) is 12.1 Å². The Labute approximate surface area is 107 Å². The molecule has 2 aromatic rings. The van der Waals surface area contributed by atoms with Gasteiger partial charge in [-0.25, -0.2) is 4.98 Å². The molecule has 96 valence electrons. The molecular formula is C14H20N4. The van der Waals surface area contributed by atoms with Gasteiger partial charge in [0.1, 0.15) is 11.3 Å². The van der Waals surface area contributed by atoms with Gasteiger partial charge in [-0.3, -0.25) is 4.98 Å². The van der Waals surface area contributed by atoms with Crippen LogP contribution >= 0.6 is 0 Å². The second kappa shape index (κ2) is 4.69. The van der Waals surface area contributed by atoms with Crippen LogP contribution in [-0.4, -0.2) is 20.6 Å². The predicted octanol–water partition coefficient (Wildman–Crippen LogP) is 2.65. The van der Waals surface area contributed by atoms with Crippen molar-refractivity contribution in [2.24, 2.45) is 0 Å². The van der Waals surface area contributed by atoms with Crippen LogP contribution in [0.25, 0.3) is 11.0 Å². The largest absolute Gasteiger partial charge is 0.324 e. The second-order valence-electron chi connectivity index (χ2n) is 5.18. The number of hydrogen-bond donors (Lipinski definition) is 1. The zero-order valence-corrected chi connectivity index (χ0v) is 11.1. The fraction of sp³-hybridized carbons (Fsp3) is 0.571. The zero-order valence-electron chi connectivity index (χ0n) is 11.1. The molecule has 0 aromatic carbocycles. The van der Waals surface area contributed by atoms with Gasteiger partial charge in [0.15, 0.2) is 0 Å². The topological polar surface area (TPSA) is 42.7 Å². The van der Waals surface area contributed by atoms with Crippen molar-refractivity contribution in [2.45, 2.75) is 51.7 Å². The Hall–Kier alpha value is -1.42. The molecule has 0 spiro atoms. The van der Waals surface area contributed by atoms with Gasteiger partial charge in [-0.05, 0) is 32.3 Å². The fourth-order valence-electron chi connectivity index (χ4n) is 2.28. The van der Waals surface area contributed by atoms with Crippen molar-refractivity contribution in [2.75, 3.05) is 0 Å². The molecule has 4 heteroatoms. The number of aromatic nitrogens is 3. The molecule has 1 aliphatic carbocycles. The van der Waals surface area contributed by atoms with Gasteiger partial charge in [0, 0.05) is 18.3 Å². The van der Waals surface area contributed by atoms with E-state index < -0.39 is 0 Å². The Morgan fingerprint density at radius 2 is 2.33 bits per heavy atom. The molecule has 1 fully saturated rings. The van der Waals surface area contributed by atoms with Gasteiger partial charge in [0.25, 0.3) is 0 Å².